The second-order valence-electron chi connectivity index (χ2n) is 5.98. The van der Waals surface area contributed by atoms with E-state index in [4.69, 9.17) is 14.4 Å². The molecule has 1 aromatic heterocycles. The molecule has 2 aromatic rings. The van der Waals surface area contributed by atoms with E-state index in [9.17, 15) is 9.90 Å². The third kappa shape index (κ3) is 2.67. The average Bonchev–Trinajstić information content (AvgIpc) is 3.05. The number of aliphatic hydroxyl groups excluding tert-OH is 1. The van der Waals surface area contributed by atoms with Crippen LogP contribution in [0, 0.1) is 11.3 Å². The van der Waals surface area contributed by atoms with Crippen molar-refractivity contribution >= 4 is 5.91 Å². The predicted octanol–water partition coefficient (Wildman–Crippen LogP) is 2.15. The minimum Gasteiger partial charge on any atom is -0.485 e. The van der Waals surface area contributed by atoms with Gasteiger partial charge in [0.2, 0.25) is 0 Å². The maximum Gasteiger partial charge on any atom is 0.255 e. The molecule has 2 unspecified atom stereocenters. The Kier molecular flexibility index (Phi) is 3.58. The number of hydrogen-bond acceptors (Lipinski definition) is 5. The Bertz CT molecular complexity index is 774. The van der Waals surface area contributed by atoms with Crippen molar-refractivity contribution in [3.8, 4) is 11.8 Å². The van der Waals surface area contributed by atoms with Gasteiger partial charge in [-0.3, -0.25) is 4.79 Å². The predicted molar refractivity (Wildman–Crippen MR) is 80.8 cm³/mol. The molecule has 0 saturated heterocycles. The maximum absolute atomic E-state index is 12.3. The quantitative estimate of drug-likeness (QED) is 0.886. The van der Waals surface area contributed by atoms with Gasteiger partial charge in [-0.25, -0.2) is 0 Å². The second-order valence-corrected chi connectivity index (χ2v) is 5.98. The molecule has 1 amide bonds. The van der Waals surface area contributed by atoms with Crippen LogP contribution in [0.3, 0.4) is 0 Å². The van der Waals surface area contributed by atoms with Gasteiger partial charge in [0, 0.05) is 5.56 Å². The van der Waals surface area contributed by atoms with Crippen LogP contribution in [0.1, 0.15) is 41.4 Å². The molecule has 0 radical (unpaired) electrons. The summed E-state index contributed by atoms with van der Waals surface area (Å²) in [5.74, 6) is 0.172. The van der Waals surface area contributed by atoms with E-state index in [1.807, 2.05) is 6.07 Å². The molecule has 1 aliphatic heterocycles. The van der Waals surface area contributed by atoms with Gasteiger partial charge in [-0.15, -0.1) is 0 Å². The number of hydrogen-bond donors (Lipinski definition) is 2. The van der Waals surface area contributed by atoms with Crippen molar-refractivity contribution in [1.29, 1.82) is 5.26 Å². The number of carbonyl (C=O) groups is 1. The first kappa shape index (κ1) is 15.1. The van der Waals surface area contributed by atoms with Gasteiger partial charge >= 0.3 is 0 Å². The summed E-state index contributed by atoms with van der Waals surface area (Å²) in [5, 5.41) is 22.5. The number of nitriles is 1. The van der Waals surface area contributed by atoms with Gasteiger partial charge in [-0.1, -0.05) is 0 Å². The first-order valence-electron chi connectivity index (χ1n) is 7.16. The molecule has 1 aliphatic rings. The summed E-state index contributed by atoms with van der Waals surface area (Å²) in [6.45, 7) is 3.49. The standard InChI is InChI=1S/C17H16N2O4/c1-17(2)15(20)14(19-16(21)11-5-6-22-9-11)12-7-10(8-18)3-4-13(12)23-17/h3-7,9,14-15,20H,1-2H3,(H,19,21). The Morgan fingerprint density at radius 2 is 2.17 bits per heavy atom. The van der Waals surface area contributed by atoms with Crippen molar-refractivity contribution in [2.24, 2.45) is 0 Å². The number of nitrogens with zero attached hydrogens (tertiary/aromatic N) is 1. The summed E-state index contributed by atoms with van der Waals surface area (Å²) in [5.41, 5.74) is 0.490. The van der Waals surface area contributed by atoms with E-state index in [0.717, 1.165) is 0 Å². The number of ether oxygens (including phenoxy) is 1. The molecule has 6 heteroatoms. The van der Waals surface area contributed by atoms with Gasteiger partial charge in [-0.05, 0) is 38.1 Å². The molecule has 0 spiro atoms. The zero-order chi connectivity index (χ0) is 16.6. The summed E-state index contributed by atoms with van der Waals surface area (Å²) < 4.78 is 10.7. The monoisotopic (exact) mass is 312 g/mol. The minimum atomic E-state index is -0.972. The SMILES string of the molecule is CC1(C)Oc2ccc(C#N)cc2C(NC(=O)c2ccoc2)C1O. The number of benzene rings is 1. The summed E-state index contributed by atoms with van der Waals surface area (Å²) >= 11 is 0. The molecule has 2 N–H and O–H groups in total. The molecule has 3 rings (SSSR count). The molecule has 2 atom stereocenters. The van der Waals surface area contributed by atoms with Crippen LogP contribution in [0.2, 0.25) is 0 Å². The summed E-state index contributed by atoms with van der Waals surface area (Å²) in [4.78, 5) is 12.3. The van der Waals surface area contributed by atoms with Crippen molar-refractivity contribution in [3.05, 3.63) is 53.5 Å². The highest BCUT2D eigenvalue weighted by Crippen LogP contribution is 2.40. The number of rotatable bonds is 2. The van der Waals surface area contributed by atoms with E-state index in [1.165, 1.54) is 12.5 Å². The van der Waals surface area contributed by atoms with Crippen LogP contribution < -0.4 is 10.1 Å². The summed E-state index contributed by atoms with van der Waals surface area (Å²) in [7, 11) is 0. The fourth-order valence-corrected chi connectivity index (χ4v) is 2.64. The van der Waals surface area contributed by atoms with Crippen molar-refractivity contribution in [2.45, 2.75) is 31.6 Å². The van der Waals surface area contributed by atoms with Crippen LogP contribution in [0.4, 0.5) is 0 Å². The lowest BCUT2D eigenvalue weighted by Crippen LogP contribution is -2.53. The molecule has 2 heterocycles. The number of fused-ring (bicyclic) bond motifs is 1. The van der Waals surface area contributed by atoms with Gasteiger partial charge < -0.3 is 19.6 Å². The third-order valence-electron chi connectivity index (χ3n) is 3.94. The topological polar surface area (TPSA) is 95.5 Å². The first-order chi connectivity index (χ1) is 10.9. The number of amides is 1. The molecular formula is C17H16N2O4. The number of aliphatic hydroxyl groups is 1. The highest BCUT2D eigenvalue weighted by atomic mass is 16.5. The van der Waals surface area contributed by atoms with Crippen molar-refractivity contribution < 1.29 is 19.1 Å². The highest BCUT2D eigenvalue weighted by molar-refractivity contribution is 5.94. The Morgan fingerprint density at radius 1 is 1.39 bits per heavy atom. The smallest absolute Gasteiger partial charge is 0.255 e. The van der Waals surface area contributed by atoms with E-state index in [1.54, 1.807) is 38.1 Å². The zero-order valence-corrected chi connectivity index (χ0v) is 12.7. The van der Waals surface area contributed by atoms with Crippen molar-refractivity contribution in [3.63, 3.8) is 0 Å². The van der Waals surface area contributed by atoms with Crippen LogP contribution in [-0.2, 0) is 0 Å². The molecule has 6 nitrogen and oxygen atoms in total. The second kappa shape index (κ2) is 5.45. The lowest BCUT2D eigenvalue weighted by Gasteiger charge is -2.42. The molecule has 0 bridgehead atoms. The van der Waals surface area contributed by atoms with Crippen LogP contribution in [-0.4, -0.2) is 22.7 Å². The van der Waals surface area contributed by atoms with E-state index < -0.39 is 17.7 Å². The largest absolute Gasteiger partial charge is 0.485 e. The van der Waals surface area contributed by atoms with E-state index in [0.29, 0.717) is 22.4 Å². The van der Waals surface area contributed by atoms with Crippen LogP contribution in [0.25, 0.3) is 0 Å². The Balaban J connectivity index is 2.00. The number of furan rings is 1. The Labute approximate surface area is 133 Å². The molecule has 0 aliphatic carbocycles. The van der Waals surface area contributed by atoms with Crippen LogP contribution >= 0.6 is 0 Å². The third-order valence-corrected chi connectivity index (χ3v) is 3.94. The highest BCUT2D eigenvalue weighted by Gasteiger charge is 2.43. The maximum atomic E-state index is 12.3. The number of carbonyl (C=O) groups excluding carboxylic acids is 1. The molecular weight excluding hydrogens is 296 g/mol. The Hall–Kier alpha value is -2.78. The lowest BCUT2D eigenvalue weighted by molar-refractivity contribution is -0.0627. The normalized spacial score (nSPS) is 21.7. The fraction of sp³-hybridized carbons (Fsp3) is 0.294. The fourth-order valence-electron chi connectivity index (χ4n) is 2.64. The average molecular weight is 312 g/mol. The van der Waals surface area contributed by atoms with Gasteiger partial charge in [0.25, 0.3) is 5.91 Å². The summed E-state index contributed by atoms with van der Waals surface area (Å²) in [6, 6.07) is 7.84. The lowest BCUT2D eigenvalue weighted by atomic mass is 9.86. The zero-order valence-electron chi connectivity index (χ0n) is 12.7. The molecule has 23 heavy (non-hydrogen) atoms. The van der Waals surface area contributed by atoms with Gasteiger partial charge in [-0.2, -0.15) is 5.26 Å². The van der Waals surface area contributed by atoms with Crippen LogP contribution in [0.15, 0.2) is 41.2 Å². The van der Waals surface area contributed by atoms with E-state index in [-0.39, 0.29) is 5.91 Å². The summed E-state index contributed by atoms with van der Waals surface area (Å²) in [6.07, 6.45) is 1.76. The molecule has 118 valence electrons. The van der Waals surface area contributed by atoms with Gasteiger partial charge in [0.1, 0.15) is 23.7 Å². The number of nitrogens with one attached hydrogen (secondary N) is 1. The van der Waals surface area contributed by atoms with Gasteiger partial charge in [0.15, 0.2) is 0 Å². The van der Waals surface area contributed by atoms with Crippen molar-refractivity contribution in [2.75, 3.05) is 0 Å². The van der Waals surface area contributed by atoms with E-state index >= 15 is 0 Å². The molecule has 0 saturated carbocycles. The minimum absolute atomic E-state index is 0.361. The van der Waals surface area contributed by atoms with Crippen LogP contribution in [0.5, 0.6) is 5.75 Å². The molecule has 1 aromatic carbocycles. The Morgan fingerprint density at radius 3 is 2.83 bits per heavy atom. The van der Waals surface area contributed by atoms with E-state index in [2.05, 4.69) is 5.32 Å². The van der Waals surface area contributed by atoms with Gasteiger partial charge in [0.05, 0.1) is 29.5 Å². The first-order valence-corrected chi connectivity index (χ1v) is 7.16. The van der Waals surface area contributed by atoms with Crippen molar-refractivity contribution in [1.82, 2.24) is 5.32 Å². The molecule has 0 fully saturated rings.